The van der Waals surface area contributed by atoms with Crippen LogP contribution in [0, 0.1) is 6.92 Å². The molecule has 0 aliphatic heterocycles. The van der Waals surface area contributed by atoms with E-state index in [1.54, 1.807) is 23.9 Å². The molecule has 0 aliphatic rings. The summed E-state index contributed by atoms with van der Waals surface area (Å²) < 4.78 is 11.0. The Morgan fingerprint density at radius 2 is 2.10 bits per heavy atom. The maximum Gasteiger partial charge on any atom is 0.154 e. The zero-order valence-electron chi connectivity index (χ0n) is 10.8. The minimum absolute atomic E-state index is 0.802. The molecular formula is C16H11NO2S. The zero-order chi connectivity index (χ0) is 13.5. The lowest BCUT2D eigenvalue weighted by molar-refractivity contribution is 0.568. The van der Waals surface area contributed by atoms with E-state index in [2.05, 4.69) is 24.0 Å². The lowest BCUT2D eigenvalue weighted by Gasteiger charge is -1.90. The minimum Gasteiger partial charge on any atom is -0.472 e. The molecule has 3 heterocycles. The van der Waals surface area contributed by atoms with Gasteiger partial charge in [-0.2, -0.15) is 0 Å². The van der Waals surface area contributed by atoms with Gasteiger partial charge in [0.15, 0.2) is 5.76 Å². The summed E-state index contributed by atoms with van der Waals surface area (Å²) in [7, 11) is 0. The summed E-state index contributed by atoms with van der Waals surface area (Å²) in [4.78, 5) is 4.61. The molecule has 0 bridgehead atoms. The van der Waals surface area contributed by atoms with Crippen LogP contribution in [0.1, 0.15) is 5.56 Å². The maximum atomic E-state index is 5.89. The summed E-state index contributed by atoms with van der Waals surface area (Å²) in [6, 6.07) is 10.1. The molecule has 0 unspecified atom stereocenters. The van der Waals surface area contributed by atoms with Crippen LogP contribution in [-0.4, -0.2) is 4.98 Å². The summed E-state index contributed by atoms with van der Waals surface area (Å²) in [5.41, 5.74) is 3.95. The van der Waals surface area contributed by atoms with E-state index in [0.717, 1.165) is 33.0 Å². The number of rotatable bonds is 2. The molecule has 0 N–H and O–H groups in total. The molecule has 0 saturated heterocycles. The highest BCUT2D eigenvalue weighted by Crippen LogP contribution is 2.32. The normalized spacial score (nSPS) is 11.2. The summed E-state index contributed by atoms with van der Waals surface area (Å²) in [5, 5.41) is 4.04. The van der Waals surface area contributed by atoms with Crippen molar-refractivity contribution in [2.24, 2.45) is 0 Å². The van der Waals surface area contributed by atoms with Crippen molar-refractivity contribution in [2.75, 3.05) is 0 Å². The number of hydrogen-bond acceptors (Lipinski definition) is 4. The quantitative estimate of drug-likeness (QED) is 0.511. The van der Waals surface area contributed by atoms with Crippen LogP contribution in [0.3, 0.4) is 0 Å². The molecule has 4 heteroatoms. The molecule has 0 saturated carbocycles. The molecule has 0 atom stereocenters. The van der Waals surface area contributed by atoms with Crippen LogP contribution < -0.4 is 0 Å². The van der Waals surface area contributed by atoms with Crippen molar-refractivity contribution in [3.8, 4) is 22.0 Å². The first-order valence-electron chi connectivity index (χ1n) is 6.28. The zero-order valence-corrected chi connectivity index (χ0v) is 11.6. The van der Waals surface area contributed by atoms with E-state index < -0.39 is 0 Å². The molecule has 0 amide bonds. The van der Waals surface area contributed by atoms with Crippen molar-refractivity contribution in [3.05, 3.63) is 53.8 Å². The Bertz CT molecular complexity index is 871. The highest BCUT2D eigenvalue weighted by atomic mass is 32.1. The third kappa shape index (κ3) is 1.85. The van der Waals surface area contributed by atoms with Gasteiger partial charge in [-0.1, -0.05) is 12.1 Å². The monoisotopic (exact) mass is 281 g/mol. The molecule has 4 aromatic rings. The Morgan fingerprint density at radius 1 is 1.15 bits per heavy atom. The molecule has 0 fully saturated rings. The van der Waals surface area contributed by atoms with E-state index in [4.69, 9.17) is 8.83 Å². The van der Waals surface area contributed by atoms with Crippen molar-refractivity contribution in [1.82, 2.24) is 4.98 Å². The Morgan fingerprint density at radius 3 is 2.95 bits per heavy atom. The average molecular weight is 281 g/mol. The van der Waals surface area contributed by atoms with E-state index >= 15 is 0 Å². The summed E-state index contributed by atoms with van der Waals surface area (Å²) in [6.07, 6.45) is 3.35. The molecule has 0 radical (unpaired) electrons. The van der Waals surface area contributed by atoms with Crippen LogP contribution >= 0.6 is 11.3 Å². The molecular weight excluding hydrogens is 270 g/mol. The number of thiazole rings is 1. The van der Waals surface area contributed by atoms with Gasteiger partial charge < -0.3 is 8.83 Å². The molecule has 0 spiro atoms. The first-order chi connectivity index (χ1) is 9.79. The number of nitrogens with zero attached hydrogens (tertiary/aromatic N) is 1. The molecule has 98 valence electrons. The number of hydrogen-bond donors (Lipinski definition) is 0. The summed E-state index contributed by atoms with van der Waals surface area (Å²) >= 11 is 1.58. The fourth-order valence-electron chi connectivity index (χ4n) is 2.17. The fraction of sp³-hybridized carbons (Fsp3) is 0.0625. The first kappa shape index (κ1) is 11.5. The molecule has 1 aromatic carbocycles. The van der Waals surface area contributed by atoms with Crippen molar-refractivity contribution in [3.63, 3.8) is 0 Å². The Hall–Kier alpha value is -2.33. The molecule has 4 rings (SSSR count). The second-order valence-corrected chi connectivity index (χ2v) is 5.56. The fourth-order valence-corrected chi connectivity index (χ4v) is 2.97. The number of aromatic nitrogens is 1. The van der Waals surface area contributed by atoms with Crippen LogP contribution in [0.2, 0.25) is 0 Å². The van der Waals surface area contributed by atoms with Gasteiger partial charge in [-0.05, 0) is 30.7 Å². The van der Waals surface area contributed by atoms with Crippen molar-refractivity contribution < 1.29 is 8.83 Å². The van der Waals surface area contributed by atoms with Gasteiger partial charge in [0, 0.05) is 16.3 Å². The SMILES string of the molecule is Cc1ccc2cc(-c3csc(-c4ccoc4)n3)oc2c1. The van der Waals surface area contributed by atoms with Crippen LogP contribution in [-0.2, 0) is 0 Å². The summed E-state index contributed by atoms with van der Waals surface area (Å²) in [5.74, 6) is 0.802. The molecule has 20 heavy (non-hydrogen) atoms. The van der Waals surface area contributed by atoms with Crippen LogP contribution in [0.5, 0.6) is 0 Å². The Kier molecular flexibility index (Phi) is 2.50. The van der Waals surface area contributed by atoms with Crippen LogP contribution in [0.15, 0.2) is 57.1 Å². The highest BCUT2D eigenvalue weighted by Gasteiger charge is 2.11. The predicted octanol–water partition coefficient (Wildman–Crippen LogP) is 5.12. The number of furan rings is 2. The van der Waals surface area contributed by atoms with Crippen molar-refractivity contribution in [1.29, 1.82) is 0 Å². The van der Waals surface area contributed by atoms with E-state index in [1.807, 2.05) is 23.6 Å². The van der Waals surface area contributed by atoms with Gasteiger partial charge in [-0.3, -0.25) is 0 Å². The van der Waals surface area contributed by atoms with E-state index in [-0.39, 0.29) is 0 Å². The lowest BCUT2D eigenvalue weighted by atomic mass is 10.2. The number of benzene rings is 1. The molecule has 3 nitrogen and oxygen atoms in total. The third-order valence-corrected chi connectivity index (χ3v) is 4.09. The number of aryl methyl sites for hydroxylation is 1. The number of fused-ring (bicyclic) bond motifs is 1. The van der Waals surface area contributed by atoms with E-state index in [9.17, 15) is 0 Å². The van der Waals surface area contributed by atoms with Gasteiger partial charge in [0.2, 0.25) is 0 Å². The Balaban J connectivity index is 1.79. The Labute approximate surface area is 119 Å². The third-order valence-electron chi connectivity index (χ3n) is 3.20. The first-order valence-corrected chi connectivity index (χ1v) is 7.16. The van der Waals surface area contributed by atoms with Gasteiger partial charge >= 0.3 is 0 Å². The smallest absolute Gasteiger partial charge is 0.154 e. The van der Waals surface area contributed by atoms with E-state index in [1.165, 1.54) is 5.56 Å². The largest absolute Gasteiger partial charge is 0.472 e. The lowest BCUT2D eigenvalue weighted by Crippen LogP contribution is -1.74. The van der Waals surface area contributed by atoms with Gasteiger partial charge in [0.1, 0.15) is 22.5 Å². The molecule has 3 aromatic heterocycles. The summed E-state index contributed by atoms with van der Waals surface area (Å²) in [6.45, 7) is 2.06. The predicted molar refractivity (Wildman–Crippen MR) is 79.8 cm³/mol. The van der Waals surface area contributed by atoms with Gasteiger partial charge in [-0.15, -0.1) is 11.3 Å². The standard InChI is InChI=1S/C16H11NO2S/c1-10-2-3-11-7-15(19-14(11)6-10)13-9-20-16(17-13)12-4-5-18-8-12/h2-9H,1H3. The van der Waals surface area contributed by atoms with Gasteiger partial charge in [0.05, 0.1) is 6.26 Å². The van der Waals surface area contributed by atoms with E-state index in [0.29, 0.717) is 0 Å². The van der Waals surface area contributed by atoms with Crippen molar-refractivity contribution >= 4 is 22.3 Å². The van der Waals surface area contributed by atoms with Gasteiger partial charge in [-0.25, -0.2) is 4.98 Å². The second-order valence-electron chi connectivity index (χ2n) is 4.70. The maximum absolute atomic E-state index is 5.89. The van der Waals surface area contributed by atoms with Crippen LogP contribution in [0.4, 0.5) is 0 Å². The topological polar surface area (TPSA) is 39.2 Å². The molecule has 0 aliphatic carbocycles. The van der Waals surface area contributed by atoms with Crippen molar-refractivity contribution in [2.45, 2.75) is 6.92 Å². The second kappa shape index (κ2) is 4.35. The van der Waals surface area contributed by atoms with Crippen LogP contribution in [0.25, 0.3) is 33.0 Å². The van der Waals surface area contributed by atoms with Gasteiger partial charge in [0.25, 0.3) is 0 Å². The minimum atomic E-state index is 0.802. The average Bonchev–Trinajstić information content (AvgIpc) is 3.17. The highest BCUT2D eigenvalue weighted by molar-refractivity contribution is 7.13.